The molecule has 3 rings (SSSR count). The highest BCUT2D eigenvalue weighted by Gasteiger charge is 2.03. The molecule has 0 saturated heterocycles. The van der Waals surface area contributed by atoms with E-state index in [0.29, 0.717) is 0 Å². The van der Waals surface area contributed by atoms with Gasteiger partial charge < -0.3 is 4.98 Å². The standard InChI is InChI=1S/C17H15N/c1-13-15-9-5-6-10-17(15)18-16(13)12-11-14-7-3-2-4-8-14/h2-12,18H,1H3. The van der Waals surface area contributed by atoms with Crippen molar-refractivity contribution in [2.24, 2.45) is 0 Å². The van der Waals surface area contributed by atoms with Crippen molar-refractivity contribution >= 4 is 23.1 Å². The number of hydrogen-bond donors (Lipinski definition) is 1. The van der Waals surface area contributed by atoms with Crippen molar-refractivity contribution in [2.75, 3.05) is 0 Å². The lowest BCUT2D eigenvalue weighted by Crippen LogP contribution is -1.75. The normalized spacial score (nSPS) is 11.4. The smallest absolute Gasteiger partial charge is 0.0461 e. The lowest BCUT2D eigenvalue weighted by Gasteiger charge is -1.93. The number of nitrogens with one attached hydrogen (secondary N) is 1. The summed E-state index contributed by atoms with van der Waals surface area (Å²) >= 11 is 0. The van der Waals surface area contributed by atoms with Crippen LogP contribution in [0.3, 0.4) is 0 Å². The molecule has 0 unspecified atom stereocenters. The summed E-state index contributed by atoms with van der Waals surface area (Å²) in [5.41, 5.74) is 4.90. The minimum Gasteiger partial charge on any atom is -0.355 e. The Balaban J connectivity index is 2.00. The Hall–Kier alpha value is -2.28. The second-order valence-electron chi connectivity index (χ2n) is 4.45. The molecule has 0 saturated carbocycles. The largest absolute Gasteiger partial charge is 0.355 e. The maximum absolute atomic E-state index is 3.45. The van der Waals surface area contributed by atoms with Crippen LogP contribution in [0.15, 0.2) is 54.6 Å². The summed E-state index contributed by atoms with van der Waals surface area (Å²) in [5.74, 6) is 0. The van der Waals surface area contributed by atoms with Crippen LogP contribution < -0.4 is 0 Å². The van der Waals surface area contributed by atoms with Crippen molar-refractivity contribution in [1.82, 2.24) is 4.98 Å². The molecular formula is C17H15N. The fourth-order valence-corrected chi connectivity index (χ4v) is 2.21. The predicted molar refractivity (Wildman–Crippen MR) is 78.4 cm³/mol. The van der Waals surface area contributed by atoms with Crippen LogP contribution in [0.1, 0.15) is 16.8 Å². The Morgan fingerprint density at radius 2 is 1.56 bits per heavy atom. The first-order valence-corrected chi connectivity index (χ1v) is 6.15. The zero-order valence-corrected chi connectivity index (χ0v) is 10.4. The maximum Gasteiger partial charge on any atom is 0.0461 e. The monoisotopic (exact) mass is 233 g/mol. The lowest BCUT2D eigenvalue weighted by atomic mass is 10.1. The number of hydrogen-bond acceptors (Lipinski definition) is 0. The molecule has 3 aromatic rings. The summed E-state index contributed by atoms with van der Waals surface area (Å²) < 4.78 is 0. The molecule has 0 amide bonds. The van der Waals surface area contributed by atoms with Gasteiger partial charge in [0.15, 0.2) is 0 Å². The number of aromatic nitrogens is 1. The van der Waals surface area contributed by atoms with Crippen LogP contribution >= 0.6 is 0 Å². The average molecular weight is 233 g/mol. The molecule has 0 aliphatic heterocycles. The third kappa shape index (κ3) is 1.95. The quantitative estimate of drug-likeness (QED) is 0.663. The van der Waals surface area contributed by atoms with Crippen molar-refractivity contribution in [1.29, 1.82) is 0 Å². The molecule has 1 heteroatoms. The van der Waals surface area contributed by atoms with Gasteiger partial charge in [-0.15, -0.1) is 0 Å². The highest BCUT2D eigenvalue weighted by Crippen LogP contribution is 2.22. The molecule has 1 aromatic heterocycles. The van der Waals surface area contributed by atoms with E-state index in [0.717, 1.165) is 0 Å². The fraction of sp³-hybridized carbons (Fsp3) is 0.0588. The minimum absolute atomic E-state index is 1.18. The molecule has 0 radical (unpaired) electrons. The fourth-order valence-electron chi connectivity index (χ4n) is 2.21. The molecule has 0 bridgehead atoms. The number of para-hydroxylation sites is 1. The molecule has 0 aliphatic rings. The van der Waals surface area contributed by atoms with Gasteiger partial charge in [-0.3, -0.25) is 0 Å². The first-order chi connectivity index (χ1) is 8.84. The first-order valence-electron chi connectivity index (χ1n) is 6.15. The van der Waals surface area contributed by atoms with Crippen molar-refractivity contribution < 1.29 is 0 Å². The molecule has 0 atom stereocenters. The molecule has 88 valence electrons. The minimum atomic E-state index is 1.18. The Labute approximate surface area is 107 Å². The van der Waals surface area contributed by atoms with Gasteiger partial charge in [0.25, 0.3) is 0 Å². The third-order valence-corrected chi connectivity index (χ3v) is 3.25. The summed E-state index contributed by atoms with van der Waals surface area (Å²) in [7, 11) is 0. The summed E-state index contributed by atoms with van der Waals surface area (Å²) in [6, 6.07) is 18.8. The van der Waals surface area contributed by atoms with Crippen molar-refractivity contribution in [3.05, 3.63) is 71.4 Å². The number of aryl methyl sites for hydroxylation is 1. The zero-order valence-electron chi connectivity index (χ0n) is 10.4. The number of rotatable bonds is 2. The third-order valence-electron chi connectivity index (χ3n) is 3.25. The van der Waals surface area contributed by atoms with E-state index in [1.54, 1.807) is 0 Å². The van der Waals surface area contributed by atoms with Crippen LogP contribution in [-0.2, 0) is 0 Å². The van der Waals surface area contributed by atoms with Crippen LogP contribution in [0.5, 0.6) is 0 Å². The molecule has 1 N–H and O–H groups in total. The number of H-pyrrole nitrogens is 1. The van der Waals surface area contributed by atoms with E-state index in [4.69, 9.17) is 0 Å². The molecular weight excluding hydrogens is 218 g/mol. The summed E-state index contributed by atoms with van der Waals surface area (Å²) in [6.07, 6.45) is 4.28. The molecule has 1 nitrogen and oxygen atoms in total. The van der Waals surface area contributed by atoms with E-state index in [9.17, 15) is 0 Å². The SMILES string of the molecule is Cc1c(C=Cc2ccccc2)[nH]c2ccccc12. The predicted octanol–water partition coefficient (Wildman–Crippen LogP) is 4.65. The molecule has 0 spiro atoms. The first kappa shape index (κ1) is 10.8. The molecule has 1 heterocycles. The molecule has 0 fully saturated rings. The number of benzene rings is 2. The summed E-state index contributed by atoms with van der Waals surface area (Å²) in [6.45, 7) is 2.16. The lowest BCUT2D eigenvalue weighted by molar-refractivity contribution is 1.38. The van der Waals surface area contributed by atoms with Crippen molar-refractivity contribution in [3.8, 4) is 0 Å². The van der Waals surface area contributed by atoms with E-state index in [2.05, 4.69) is 72.6 Å². The van der Waals surface area contributed by atoms with Gasteiger partial charge in [-0.1, -0.05) is 54.6 Å². The Bertz CT molecular complexity index is 690. The topological polar surface area (TPSA) is 15.8 Å². The van der Waals surface area contributed by atoms with Crippen molar-refractivity contribution in [3.63, 3.8) is 0 Å². The molecule has 18 heavy (non-hydrogen) atoms. The average Bonchev–Trinajstić information content (AvgIpc) is 2.75. The van der Waals surface area contributed by atoms with Gasteiger partial charge in [0, 0.05) is 16.6 Å². The highest BCUT2D eigenvalue weighted by molar-refractivity contribution is 5.88. The second-order valence-corrected chi connectivity index (χ2v) is 4.45. The van der Waals surface area contributed by atoms with E-state index in [-0.39, 0.29) is 0 Å². The van der Waals surface area contributed by atoms with Gasteiger partial charge in [0.05, 0.1) is 0 Å². The highest BCUT2D eigenvalue weighted by atomic mass is 14.7. The molecule has 2 aromatic carbocycles. The summed E-state index contributed by atoms with van der Waals surface area (Å²) in [5, 5.41) is 1.30. The van der Waals surface area contributed by atoms with Gasteiger partial charge >= 0.3 is 0 Å². The Morgan fingerprint density at radius 3 is 2.33 bits per heavy atom. The Kier molecular flexibility index (Phi) is 2.73. The van der Waals surface area contributed by atoms with E-state index in [1.165, 1.54) is 27.7 Å². The number of fused-ring (bicyclic) bond motifs is 1. The van der Waals surface area contributed by atoms with Gasteiger partial charge in [-0.2, -0.15) is 0 Å². The van der Waals surface area contributed by atoms with Crippen LogP contribution in [0, 0.1) is 6.92 Å². The van der Waals surface area contributed by atoms with Crippen LogP contribution in [0.25, 0.3) is 23.1 Å². The zero-order chi connectivity index (χ0) is 12.4. The Morgan fingerprint density at radius 1 is 0.833 bits per heavy atom. The van der Waals surface area contributed by atoms with Crippen LogP contribution in [0.2, 0.25) is 0 Å². The second kappa shape index (κ2) is 4.53. The number of aromatic amines is 1. The maximum atomic E-state index is 3.45. The van der Waals surface area contributed by atoms with Gasteiger partial charge in [-0.25, -0.2) is 0 Å². The van der Waals surface area contributed by atoms with E-state index in [1.807, 2.05) is 6.07 Å². The van der Waals surface area contributed by atoms with Gasteiger partial charge in [0.2, 0.25) is 0 Å². The summed E-state index contributed by atoms with van der Waals surface area (Å²) in [4.78, 5) is 3.45. The van der Waals surface area contributed by atoms with Gasteiger partial charge in [-0.05, 0) is 30.2 Å². The van der Waals surface area contributed by atoms with Crippen LogP contribution in [-0.4, -0.2) is 4.98 Å². The van der Waals surface area contributed by atoms with Crippen LogP contribution in [0.4, 0.5) is 0 Å². The van der Waals surface area contributed by atoms with Gasteiger partial charge in [0.1, 0.15) is 0 Å². The van der Waals surface area contributed by atoms with E-state index < -0.39 is 0 Å². The van der Waals surface area contributed by atoms with E-state index >= 15 is 0 Å². The molecule has 0 aliphatic carbocycles. The van der Waals surface area contributed by atoms with Crippen molar-refractivity contribution in [2.45, 2.75) is 6.92 Å².